The van der Waals surface area contributed by atoms with E-state index in [1.807, 2.05) is 13.8 Å². The summed E-state index contributed by atoms with van der Waals surface area (Å²) in [5, 5.41) is 6.65. The van der Waals surface area contributed by atoms with Gasteiger partial charge in [0.1, 0.15) is 5.76 Å². The van der Waals surface area contributed by atoms with E-state index >= 15 is 0 Å². The number of nitrogens with one attached hydrogen (secondary N) is 2. The minimum Gasteiger partial charge on any atom is -0.447 e. The molecule has 0 aliphatic heterocycles. The van der Waals surface area contributed by atoms with Gasteiger partial charge in [0, 0.05) is 19.0 Å². The second-order valence-corrected chi connectivity index (χ2v) is 6.45. The van der Waals surface area contributed by atoms with Crippen LogP contribution in [0.3, 0.4) is 0 Å². The number of sulfonamides is 1. The summed E-state index contributed by atoms with van der Waals surface area (Å²) in [5.74, 6) is 1.02. The Labute approximate surface area is 123 Å². The van der Waals surface area contributed by atoms with Crippen LogP contribution in [0.2, 0.25) is 0 Å². The number of hydrogen-bond donors (Lipinski definition) is 2. The molecule has 21 heavy (non-hydrogen) atoms. The van der Waals surface area contributed by atoms with Gasteiger partial charge in [-0.2, -0.15) is 4.98 Å². The molecule has 0 saturated carbocycles. The van der Waals surface area contributed by atoms with E-state index in [0.717, 1.165) is 0 Å². The molecule has 0 saturated heterocycles. The van der Waals surface area contributed by atoms with E-state index in [9.17, 15) is 8.42 Å². The van der Waals surface area contributed by atoms with Crippen molar-refractivity contribution < 1.29 is 17.4 Å². The van der Waals surface area contributed by atoms with E-state index in [0.29, 0.717) is 30.6 Å². The fourth-order valence-corrected chi connectivity index (χ4v) is 2.55. The van der Waals surface area contributed by atoms with Crippen molar-refractivity contribution in [2.75, 3.05) is 6.54 Å². The third-order valence-corrected chi connectivity index (χ3v) is 3.97. The van der Waals surface area contributed by atoms with Crippen molar-refractivity contribution in [2.24, 2.45) is 0 Å². The quantitative estimate of drug-likeness (QED) is 0.737. The van der Waals surface area contributed by atoms with Crippen molar-refractivity contribution in [2.45, 2.75) is 37.9 Å². The Kier molecular flexibility index (Phi) is 5.10. The highest BCUT2D eigenvalue weighted by atomic mass is 32.2. The second-order valence-electron chi connectivity index (χ2n) is 4.75. The van der Waals surface area contributed by atoms with E-state index < -0.39 is 10.0 Å². The number of furan rings is 1. The third-order valence-electron chi connectivity index (χ3n) is 2.63. The average molecular weight is 314 g/mol. The summed E-state index contributed by atoms with van der Waals surface area (Å²) in [6.07, 6.45) is 1.54. The molecule has 2 N–H and O–H groups in total. The van der Waals surface area contributed by atoms with Crippen molar-refractivity contribution in [3.63, 3.8) is 0 Å². The van der Waals surface area contributed by atoms with Gasteiger partial charge in [0.05, 0.1) is 6.54 Å². The highest BCUT2D eigenvalue weighted by Gasteiger charge is 2.18. The maximum Gasteiger partial charge on any atom is 0.273 e. The van der Waals surface area contributed by atoms with E-state index in [4.69, 9.17) is 4.42 Å². The first kappa shape index (κ1) is 15.7. The molecule has 0 atom stereocenters. The SMILES string of the molecule is CC(C)NCc1ccc(S(=O)(=O)NCCc2ncon2)o1. The molecule has 2 heterocycles. The number of rotatable bonds is 8. The van der Waals surface area contributed by atoms with E-state index in [-0.39, 0.29) is 11.6 Å². The fourth-order valence-electron chi connectivity index (χ4n) is 1.57. The van der Waals surface area contributed by atoms with E-state index in [2.05, 4.69) is 24.7 Å². The van der Waals surface area contributed by atoms with Crippen LogP contribution in [0.4, 0.5) is 0 Å². The van der Waals surface area contributed by atoms with Gasteiger partial charge in [-0.3, -0.25) is 0 Å². The lowest BCUT2D eigenvalue weighted by molar-refractivity contribution is 0.393. The molecule has 8 nitrogen and oxygen atoms in total. The van der Waals surface area contributed by atoms with Crippen LogP contribution in [0.25, 0.3) is 0 Å². The highest BCUT2D eigenvalue weighted by molar-refractivity contribution is 7.89. The van der Waals surface area contributed by atoms with Gasteiger partial charge in [-0.15, -0.1) is 0 Å². The maximum atomic E-state index is 12.0. The summed E-state index contributed by atoms with van der Waals surface area (Å²) >= 11 is 0. The van der Waals surface area contributed by atoms with Gasteiger partial charge in [-0.05, 0) is 12.1 Å². The van der Waals surface area contributed by atoms with Crippen molar-refractivity contribution in [1.82, 2.24) is 20.2 Å². The molecule has 0 aliphatic carbocycles. The van der Waals surface area contributed by atoms with Gasteiger partial charge in [0.25, 0.3) is 10.0 Å². The Morgan fingerprint density at radius 2 is 2.14 bits per heavy atom. The molecule has 0 bridgehead atoms. The zero-order valence-electron chi connectivity index (χ0n) is 11.9. The molecular weight excluding hydrogens is 296 g/mol. The van der Waals surface area contributed by atoms with Crippen LogP contribution in [0, 0.1) is 0 Å². The molecule has 2 rings (SSSR count). The molecule has 0 radical (unpaired) electrons. The van der Waals surface area contributed by atoms with Crippen LogP contribution in [0.1, 0.15) is 25.4 Å². The number of aromatic nitrogens is 2. The van der Waals surface area contributed by atoms with Gasteiger partial charge in [0.2, 0.25) is 11.5 Å². The van der Waals surface area contributed by atoms with Gasteiger partial charge in [-0.1, -0.05) is 19.0 Å². The summed E-state index contributed by atoms with van der Waals surface area (Å²) in [4.78, 5) is 3.81. The molecule has 2 aromatic rings. The van der Waals surface area contributed by atoms with Crippen molar-refractivity contribution in [3.8, 4) is 0 Å². The molecule has 2 aromatic heterocycles. The van der Waals surface area contributed by atoms with Gasteiger partial charge in [-0.25, -0.2) is 13.1 Å². The number of hydrogen-bond acceptors (Lipinski definition) is 7. The first-order valence-electron chi connectivity index (χ1n) is 6.54. The third kappa shape index (κ3) is 4.66. The summed E-state index contributed by atoms with van der Waals surface area (Å²) in [7, 11) is -3.66. The summed E-state index contributed by atoms with van der Waals surface area (Å²) in [5.41, 5.74) is 0. The Morgan fingerprint density at radius 1 is 1.33 bits per heavy atom. The van der Waals surface area contributed by atoms with Crippen LogP contribution in [-0.4, -0.2) is 31.1 Å². The minimum absolute atomic E-state index is 0.101. The van der Waals surface area contributed by atoms with Crippen molar-refractivity contribution in [1.29, 1.82) is 0 Å². The molecule has 116 valence electrons. The topological polar surface area (TPSA) is 110 Å². The Balaban J connectivity index is 1.89. The van der Waals surface area contributed by atoms with Gasteiger partial charge >= 0.3 is 0 Å². The number of nitrogens with zero attached hydrogens (tertiary/aromatic N) is 2. The van der Waals surface area contributed by atoms with Crippen LogP contribution in [0.5, 0.6) is 0 Å². The molecule has 0 fully saturated rings. The molecule has 0 aromatic carbocycles. The lowest BCUT2D eigenvalue weighted by Crippen LogP contribution is -2.26. The molecule has 0 aliphatic rings. The van der Waals surface area contributed by atoms with E-state index in [1.165, 1.54) is 12.5 Å². The Hall–Kier alpha value is -1.71. The molecule has 9 heteroatoms. The van der Waals surface area contributed by atoms with Crippen molar-refractivity contribution in [3.05, 3.63) is 30.1 Å². The second kappa shape index (κ2) is 6.83. The predicted molar refractivity (Wildman–Crippen MR) is 73.9 cm³/mol. The average Bonchev–Trinajstić information content (AvgIpc) is 3.07. The zero-order chi connectivity index (χ0) is 15.3. The van der Waals surface area contributed by atoms with E-state index in [1.54, 1.807) is 6.07 Å². The smallest absolute Gasteiger partial charge is 0.273 e. The monoisotopic (exact) mass is 314 g/mol. The van der Waals surface area contributed by atoms with Crippen LogP contribution < -0.4 is 10.0 Å². The first-order valence-corrected chi connectivity index (χ1v) is 8.02. The summed E-state index contributed by atoms with van der Waals surface area (Å²) in [6.45, 7) is 4.65. The summed E-state index contributed by atoms with van der Waals surface area (Å²) < 4.78 is 36.4. The van der Waals surface area contributed by atoms with Crippen LogP contribution >= 0.6 is 0 Å². The zero-order valence-corrected chi connectivity index (χ0v) is 12.7. The lowest BCUT2D eigenvalue weighted by atomic mass is 10.3. The molecular formula is C12H18N4O4S. The minimum atomic E-state index is -3.66. The molecule has 0 amide bonds. The maximum absolute atomic E-state index is 12.0. The molecule has 0 unspecified atom stereocenters. The van der Waals surface area contributed by atoms with Gasteiger partial charge in [0.15, 0.2) is 5.82 Å². The first-order chi connectivity index (χ1) is 9.97. The normalized spacial score (nSPS) is 12.1. The Bertz CT molecular complexity index is 649. The van der Waals surface area contributed by atoms with Gasteiger partial charge < -0.3 is 14.3 Å². The standard InChI is InChI=1S/C12H18N4O4S/c1-9(2)13-7-10-3-4-12(20-10)21(17,18)15-6-5-11-14-8-19-16-11/h3-4,8-9,13,15H,5-7H2,1-2H3. The Morgan fingerprint density at radius 3 is 2.81 bits per heavy atom. The largest absolute Gasteiger partial charge is 0.447 e. The highest BCUT2D eigenvalue weighted by Crippen LogP contribution is 2.13. The van der Waals surface area contributed by atoms with Crippen LogP contribution in [-0.2, 0) is 23.0 Å². The van der Waals surface area contributed by atoms with Crippen molar-refractivity contribution >= 4 is 10.0 Å². The van der Waals surface area contributed by atoms with Crippen LogP contribution in [0.15, 0.2) is 32.6 Å². The predicted octanol–water partition coefficient (Wildman–Crippen LogP) is 0.682. The molecule has 0 spiro atoms. The fraction of sp³-hybridized carbons (Fsp3) is 0.500. The summed E-state index contributed by atoms with van der Waals surface area (Å²) in [6, 6.07) is 3.38. The lowest BCUT2D eigenvalue weighted by Gasteiger charge is -2.05.